The lowest BCUT2D eigenvalue weighted by Gasteiger charge is -2.10. The molecule has 0 spiro atoms. The van der Waals surface area contributed by atoms with E-state index in [0.29, 0.717) is 12.8 Å². The highest BCUT2D eigenvalue weighted by Crippen LogP contribution is 2.21. The number of sulfonamides is 1. The van der Waals surface area contributed by atoms with Gasteiger partial charge in [0, 0.05) is 19.4 Å². The molecule has 4 nitrogen and oxygen atoms in total. The molecule has 6 heteroatoms. The zero-order valence-corrected chi connectivity index (χ0v) is 10.5. The van der Waals surface area contributed by atoms with E-state index in [9.17, 15) is 17.6 Å². The average Bonchev–Trinajstić information content (AvgIpc) is 2.73. The van der Waals surface area contributed by atoms with Crippen LogP contribution in [0.5, 0.6) is 0 Å². The Labute approximate surface area is 105 Å². The lowest BCUT2D eigenvalue weighted by molar-refractivity contribution is -0.117. The highest BCUT2D eigenvalue weighted by Gasteiger charge is 2.24. The fraction of sp³-hybridized carbons (Fsp3) is 0.417. The second kappa shape index (κ2) is 5.16. The molecule has 1 saturated carbocycles. The number of rotatable bonds is 4. The summed E-state index contributed by atoms with van der Waals surface area (Å²) < 4.78 is 38.9. The summed E-state index contributed by atoms with van der Waals surface area (Å²) in [7, 11) is -3.61. The Morgan fingerprint density at radius 2 is 1.94 bits per heavy atom. The van der Waals surface area contributed by atoms with Crippen molar-refractivity contribution in [3.05, 3.63) is 30.1 Å². The summed E-state index contributed by atoms with van der Waals surface area (Å²) in [5.74, 6) is -0.218. The lowest BCUT2D eigenvalue weighted by Crippen LogP contribution is -2.28. The smallest absolute Gasteiger partial charge is 0.240 e. The molecular formula is C12H14FNO3S. The molecule has 1 aliphatic rings. The van der Waals surface area contributed by atoms with Crippen LogP contribution in [0, 0.1) is 11.7 Å². The van der Waals surface area contributed by atoms with E-state index >= 15 is 0 Å². The predicted octanol–water partition coefficient (Wildman–Crippen LogP) is 1.47. The van der Waals surface area contributed by atoms with Gasteiger partial charge in [0.05, 0.1) is 4.90 Å². The molecule has 1 atom stereocenters. The zero-order chi connectivity index (χ0) is 13.2. The lowest BCUT2D eigenvalue weighted by atomic mass is 10.1. The number of hydrogen-bond donors (Lipinski definition) is 1. The number of ketones is 1. The molecule has 0 aliphatic heterocycles. The van der Waals surface area contributed by atoms with Gasteiger partial charge in [-0.15, -0.1) is 0 Å². The van der Waals surface area contributed by atoms with E-state index in [1.165, 1.54) is 12.1 Å². The molecule has 0 heterocycles. The van der Waals surface area contributed by atoms with Gasteiger partial charge >= 0.3 is 0 Å². The van der Waals surface area contributed by atoms with Crippen molar-refractivity contribution in [2.24, 2.45) is 5.92 Å². The molecule has 0 bridgehead atoms. The Morgan fingerprint density at radius 1 is 1.28 bits per heavy atom. The summed E-state index contributed by atoms with van der Waals surface area (Å²) in [4.78, 5) is 11.1. The molecule has 1 fully saturated rings. The summed E-state index contributed by atoms with van der Waals surface area (Å²) in [5, 5.41) is 0. The summed E-state index contributed by atoms with van der Waals surface area (Å²) in [5.41, 5.74) is 0. The number of halogens is 1. The minimum atomic E-state index is -3.61. The molecule has 1 N–H and O–H groups in total. The van der Waals surface area contributed by atoms with Crippen LogP contribution >= 0.6 is 0 Å². The van der Waals surface area contributed by atoms with E-state index in [1.807, 2.05) is 0 Å². The molecule has 0 aromatic heterocycles. The van der Waals surface area contributed by atoms with Gasteiger partial charge in [-0.05, 0) is 36.6 Å². The van der Waals surface area contributed by atoms with Crippen molar-refractivity contribution in [1.29, 1.82) is 0 Å². The maximum atomic E-state index is 12.7. The van der Waals surface area contributed by atoms with Gasteiger partial charge in [0.25, 0.3) is 0 Å². The van der Waals surface area contributed by atoms with Crippen LogP contribution in [0.2, 0.25) is 0 Å². The third kappa shape index (κ3) is 3.14. The Bertz CT molecular complexity index is 539. The minimum Gasteiger partial charge on any atom is -0.300 e. The van der Waals surface area contributed by atoms with Gasteiger partial charge in [0.15, 0.2) is 0 Å². The largest absolute Gasteiger partial charge is 0.300 e. The van der Waals surface area contributed by atoms with Crippen LogP contribution in [-0.4, -0.2) is 20.7 Å². The Hall–Kier alpha value is -1.27. The van der Waals surface area contributed by atoms with Crippen molar-refractivity contribution in [3.63, 3.8) is 0 Å². The third-order valence-electron chi connectivity index (χ3n) is 3.03. The number of hydrogen-bond acceptors (Lipinski definition) is 3. The van der Waals surface area contributed by atoms with E-state index < -0.39 is 15.8 Å². The van der Waals surface area contributed by atoms with Gasteiger partial charge in [0.1, 0.15) is 11.6 Å². The maximum absolute atomic E-state index is 12.7. The Balaban J connectivity index is 1.99. The molecule has 1 aromatic rings. The second-order valence-electron chi connectivity index (χ2n) is 4.45. The molecule has 18 heavy (non-hydrogen) atoms. The quantitative estimate of drug-likeness (QED) is 0.902. The van der Waals surface area contributed by atoms with Crippen LogP contribution in [0.4, 0.5) is 4.39 Å². The van der Waals surface area contributed by atoms with Crippen molar-refractivity contribution in [1.82, 2.24) is 4.72 Å². The summed E-state index contributed by atoms with van der Waals surface area (Å²) in [6, 6.07) is 4.65. The average molecular weight is 271 g/mol. The van der Waals surface area contributed by atoms with Crippen molar-refractivity contribution in [3.8, 4) is 0 Å². The van der Waals surface area contributed by atoms with Crippen LogP contribution in [-0.2, 0) is 14.8 Å². The van der Waals surface area contributed by atoms with E-state index in [-0.39, 0.29) is 23.1 Å². The van der Waals surface area contributed by atoms with Crippen LogP contribution in [0.25, 0.3) is 0 Å². The first kappa shape index (κ1) is 13.2. The van der Waals surface area contributed by atoms with Crippen molar-refractivity contribution < 1.29 is 17.6 Å². The van der Waals surface area contributed by atoms with Crippen LogP contribution < -0.4 is 4.72 Å². The SMILES string of the molecule is O=C1CCC(CNS(=O)(=O)c2ccc(F)cc2)C1. The Morgan fingerprint density at radius 3 is 2.50 bits per heavy atom. The molecular weight excluding hydrogens is 257 g/mol. The third-order valence-corrected chi connectivity index (χ3v) is 4.47. The van der Waals surface area contributed by atoms with Crippen LogP contribution in [0.15, 0.2) is 29.2 Å². The van der Waals surface area contributed by atoms with Gasteiger partial charge in [-0.2, -0.15) is 0 Å². The molecule has 0 saturated heterocycles. The first-order valence-corrected chi connectivity index (χ1v) is 7.22. The highest BCUT2D eigenvalue weighted by molar-refractivity contribution is 7.89. The predicted molar refractivity (Wildman–Crippen MR) is 63.9 cm³/mol. The summed E-state index contributed by atoms with van der Waals surface area (Å²) >= 11 is 0. The Kier molecular flexibility index (Phi) is 3.77. The fourth-order valence-electron chi connectivity index (χ4n) is 1.99. The van der Waals surface area contributed by atoms with Gasteiger partial charge in [-0.1, -0.05) is 0 Å². The fourth-order valence-corrected chi connectivity index (χ4v) is 3.11. The first-order valence-electron chi connectivity index (χ1n) is 5.74. The second-order valence-corrected chi connectivity index (χ2v) is 6.22. The first-order chi connectivity index (χ1) is 8.47. The van der Waals surface area contributed by atoms with E-state index in [2.05, 4.69) is 4.72 Å². The number of Topliss-reactive ketones (excluding diaryl/α,β-unsaturated/α-hetero) is 1. The molecule has 0 amide bonds. The van der Waals surface area contributed by atoms with E-state index in [1.54, 1.807) is 0 Å². The normalized spacial score (nSPS) is 20.3. The number of benzene rings is 1. The number of nitrogens with one attached hydrogen (secondary N) is 1. The van der Waals surface area contributed by atoms with Crippen molar-refractivity contribution in [2.75, 3.05) is 6.54 Å². The summed E-state index contributed by atoms with van der Waals surface area (Å²) in [6.07, 6.45) is 1.69. The van der Waals surface area contributed by atoms with Crippen molar-refractivity contribution in [2.45, 2.75) is 24.2 Å². The minimum absolute atomic E-state index is 0.0354. The molecule has 2 rings (SSSR count). The van der Waals surface area contributed by atoms with Gasteiger partial charge in [0.2, 0.25) is 10.0 Å². The van der Waals surface area contributed by atoms with E-state index in [0.717, 1.165) is 18.6 Å². The monoisotopic (exact) mass is 271 g/mol. The molecule has 1 unspecified atom stereocenters. The number of carbonyl (C=O) groups excluding carboxylic acids is 1. The molecule has 0 radical (unpaired) electrons. The summed E-state index contributed by atoms with van der Waals surface area (Å²) in [6.45, 7) is 0.255. The number of carbonyl (C=O) groups is 1. The molecule has 98 valence electrons. The van der Waals surface area contributed by atoms with Crippen LogP contribution in [0.3, 0.4) is 0 Å². The molecule has 1 aromatic carbocycles. The molecule has 1 aliphatic carbocycles. The van der Waals surface area contributed by atoms with Crippen LogP contribution in [0.1, 0.15) is 19.3 Å². The van der Waals surface area contributed by atoms with Gasteiger partial charge in [-0.3, -0.25) is 4.79 Å². The zero-order valence-electron chi connectivity index (χ0n) is 9.73. The maximum Gasteiger partial charge on any atom is 0.240 e. The van der Waals surface area contributed by atoms with Gasteiger partial charge in [-0.25, -0.2) is 17.5 Å². The highest BCUT2D eigenvalue weighted by atomic mass is 32.2. The van der Waals surface area contributed by atoms with Gasteiger partial charge < -0.3 is 0 Å². The topological polar surface area (TPSA) is 63.2 Å². The van der Waals surface area contributed by atoms with Crippen molar-refractivity contribution >= 4 is 15.8 Å². The standard InChI is InChI=1S/C12H14FNO3S/c13-10-2-5-12(6-3-10)18(16,17)14-8-9-1-4-11(15)7-9/h2-3,5-6,9,14H,1,4,7-8H2. The van der Waals surface area contributed by atoms with E-state index in [4.69, 9.17) is 0 Å².